The van der Waals surface area contributed by atoms with Crippen LogP contribution in [0.5, 0.6) is 0 Å². The van der Waals surface area contributed by atoms with Gasteiger partial charge in [0.15, 0.2) is 0 Å². The van der Waals surface area contributed by atoms with Gasteiger partial charge in [-0.2, -0.15) is 11.8 Å². The summed E-state index contributed by atoms with van der Waals surface area (Å²) in [6.45, 7) is 9.01. The third kappa shape index (κ3) is 4.29. The summed E-state index contributed by atoms with van der Waals surface area (Å²) >= 11 is 2.02. The lowest BCUT2D eigenvalue weighted by atomic mass is 9.87. The summed E-state index contributed by atoms with van der Waals surface area (Å²) in [7, 11) is 0. The average molecular weight is 222 g/mol. The van der Waals surface area contributed by atoms with Crippen molar-refractivity contribution in [2.45, 2.75) is 45.3 Å². The van der Waals surface area contributed by atoms with E-state index in [2.05, 4.69) is 52.0 Å². The Morgan fingerprint density at radius 2 is 1.67 bits per heavy atom. The Bertz CT molecular complexity index is 279. The van der Waals surface area contributed by atoms with E-state index in [1.54, 1.807) is 0 Å². The monoisotopic (exact) mass is 222 g/mol. The van der Waals surface area contributed by atoms with E-state index in [0.717, 1.165) is 5.75 Å². The third-order valence-corrected chi connectivity index (χ3v) is 3.67. The maximum absolute atomic E-state index is 2.27. The molecule has 1 heteroatoms. The van der Waals surface area contributed by atoms with Crippen LogP contribution in [-0.4, -0.2) is 5.75 Å². The van der Waals surface area contributed by atoms with Crippen LogP contribution in [0, 0.1) is 0 Å². The lowest BCUT2D eigenvalue weighted by Gasteiger charge is -2.19. The highest BCUT2D eigenvalue weighted by Gasteiger charge is 2.12. The number of thioether (sulfide) groups is 1. The van der Waals surface area contributed by atoms with Gasteiger partial charge < -0.3 is 0 Å². The Morgan fingerprint density at radius 1 is 1.07 bits per heavy atom. The highest BCUT2D eigenvalue weighted by molar-refractivity contribution is 7.98. The van der Waals surface area contributed by atoms with Crippen molar-refractivity contribution in [1.29, 1.82) is 0 Å². The van der Waals surface area contributed by atoms with E-state index >= 15 is 0 Å². The van der Waals surface area contributed by atoms with Crippen molar-refractivity contribution in [3.63, 3.8) is 0 Å². The van der Waals surface area contributed by atoms with Gasteiger partial charge >= 0.3 is 0 Å². The van der Waals surface area contributed by atoms with E-state index in [9.17, 15) is 0 Å². The molecule has 0 radical (unpaired) electrons. The van der Waals surface area contributed by atoms with Gasteiger partial charge in [0.1, 0.15) is 0 Å². The molecule has 0 aromatic heterocycles. The van der Waals surface area contributed by atoms with Crippen LogP contribution < -0.4 is 0 Å². The maximum Gasteiger partial charge on any atom is 0.0184 e. The molecule has 0 aliphatic rings. The summed E-state index contributed by atoms with van der Waals surface area (Å²) in [4.78, 5) is 0. The molecule has 1 aromatic rings. The molecule has 0 atom stereocenters. The zero-order valence-corrected chi connectivity index (χ0v) is 11.2. The molecule has 1 aromatic carbocycles. The molecule has 0 N–H and O–H groups in total. The van der Waals surface area contributed by atoms with Crippen molar-refractivity contribution >= 4 is 11.8 Å². The number of benzene rings is 1. The Morgan fingerprint density at radius 3 is 2.13 bits per heavy atom. The van der Waals surface area contributed by atoms with Gasteiger partial charge in [-0.1, -0.05) is 52.0 Å². The van der Waals surface area contributed by atoms with Crippen molar-refractivity contribution < 1.29 is 0 Å². The molecule has 0 fully saturated rings. The number of hydrogen-bond acceptors (Lipinski definition) is 1. The molecule has 0 bridgehead atoms. The molecule has 0 heterocycles. The highest BCUT2D eigenvalue weighted by Crippen LogP contribution is 2.23. The highest BCUT2D eigenvalue weighted by atomic mass is 32.2. The van der Waals surface area contributed by atoms with Gasteiger partial charge in [0.05, 0.1) is 0 Å². The van der Waals surface area contributed by atoms with Gasteiger partial charge in [0, 0.05) is 5.75 Å². The molecule has 0 amide bonds. The van der Waals surface area contributed by atoms with Gasteiger partial charge in [-0.15, -0.1) is 0 Å². The quantitative estimate of drug-likeness (QED) is 0.669. The fraction of sp³-hybridized carbons (Fsp3) is 0.571. The second-order valence-corrected chi connectivity index (χ2v) is 6.10. The lowest BCUT2D eigenvalue weighted by Crippen LogP contribution is -2.10. The molecule has 15 heavy (non-hydrogen) atoms. The van der Waals surface area contributed by atoms with Crippen LogP contribution in [0.1, 0.15) is 45.2 Å². The van der Waals surface area contributed by atoms with Crippen molar-refractivity contribution in [3.05, 3.63) is 35.4 Å². The first-order chi connectivity index (χ1) is 7.04. The zero-order chi connectivity index (χ0) is 11.3. The molecule has 0 saturated heterocycles. The maximum atomic E-state index is 2.27. The Balaban J connectivity index is 2.57. The summed E-state index contributed by atoms with van der Waals surface area (Å²) in [5.74, 6) is 2.42. The van der Waals surface area contributed by atoms with E-state index in [1.165, 1.54) is 23.3 Å². The summed E-state index contributed by atoms with van der Waals surface area (Å²) in [6, 6.07) is 9.07. The molecule has 0 saturated carbocycles. The van der Waals surface area contributed by atoms with E-state index < -0.39 is 0 Å². The minimum Gasteiger partial charge on any atom is -0.157 e. The molecule has 84 valence electrons. The first-order valence-electron chi connectivity index (χ1n) is 5.71. The second kappa shape index (κ2) is 5.60. The molecule has 0 nitrogen and oxygen atoms in total. The molecule has 0 aliphatic heterocycles. The van der Waals surface area contributed by atoms with Crippen LogP contribution in [-0.2, 0) is 11.2 Å². The normalized spacial score (nSPS) is 11.7. The average Bonchev–Trinajstić information content (AvgIpc) is 2.18. The zero-order valence-electron chi connectivity index (χ0n) is 10.3. The molecule has 0 spiro atoms. The van der Waals surface area contributed by atoms with Gasteiger partial charge in [-0.05, 0) is 28.7 Å². The minimum atomic E-state index is 0.273. The molecule has 0 aliphatic carbocycles. The Hall–Kier alpha value is -0.430. The first kappa shape index (κ1) is 12.6. The third-order valence-electron chi connectivity index (χ3n) is 2.44. The van der Waals surface area contributed by atoms with Crippen LogP contribution in [0.3, 0.4) is 0 Å². The lowest BCUT2D eigenvalue weighted by molar-refractivity contribution is 0.590. The summed E-state index contributed by atoms with van der Waals surface area (Å²) in [5.41, 5.74) is 3.14. The largest absolute Gasteiger partial charge is 0.157 e. The summed E-state index contributed by atoms with van der Waals surface area (Å²) in [5, 5.41) is 0. The van der Waals surface area contributed by atoms with Gasteiger partial charge in [-0.25, -0.2) is 0 Å². The van der Waals surface area contributed by atoms with Crippen LogP contribution in [0.25, 0.3) is 0 Å². The standard InChI is InChI=1S/C14H22S/c1-5-10-15-11-12-6-8-13(9-7-12)14(2,3)4/h6-9H,5,10-11H2,1-4H3. The predicted molar refractivity (Wildman–Crippen MR) is 71.6 cm³/mol. The fourth-order valence-corrected chi connectivity index (χ4v) is 2.30. The number of rotatable bonds is 4. The fourth-order valence-electron chi connectivity index (χ4n) is 1.44. The Labute approximate surface area is 98.5 Å². The number of hydrogen-bond donors (Lipinski definition) is 0. The van der Waals surface area contributed by atoms with Crippen LogP contribution in [0.15, 0.2) is 24.3 Å². The van der Waals surface area contributed by atoms with Gasteiger partial charge in [0.2, 0.25) is 0 Å². The van der Waals surface area contributed by atoms with E-state index in [-0.39, 0.29) is 5.41 Å². The van der Waals surface area contributed by atoms with Crippen molar-refractivity contribution in [1.82, 2.24) is 0 Å². The van der Waals surface area contributed by atoms with Crippen molar-refractivity contribution in [3.8, 4) is 0 Å². The second-order valence-electron chi connectivity index (χ2n) is 5.00. The molecular weight excluding hydrogens is 200 g/mol. The van der Waals surface area contributed by atoms with Crippen molar-refractivity contribution in [2.24, 2.45) is 0 Å². The first-order valence-corrected chi connectivity index (χ1v) is 6.86. The summed E-state index contributed by atoms with van der Waals surface area (Å²) < 4.78 is 0. The van der Waals surface area contributed by atoms with Gasteiger partial charge in [-0.3, -0.25) is 0 Å². The van der Waals surface area contributed by atoms with Crippen LogP contribution in [0.4, 0.5) is 0 Å². The van der Waals surface area contributed by atoms with Crippen molar-refractivity contribution in [2.75, 3.05) is 5.75 Å². The van der Waals surface area contributed by atoms with E-state index in [4.69, 9.17) is 0 Å². The minimum absolute atomic E-state index is 0.273. The predicted octanol–water partition coefficient (Wildman–Crippen LogP) is 4.63. The van der Waals surface area contributed by atoms with Crippen LogP contribution in [0.2, 0.25) is 0 Å². The molecule has 0 unspecified atom stereocenters. The molecular formula is C14H22S. The Kier molecular flexibility index (Phi) is 4.72. The smallest absolute Gasteiger partial charge is 0.0184 e. The van der Waals surface area contributed by atoms with E-state index in [1.807, 2.05) is 11.8 Å². The topological polar surface area (TPSA) is 0 Å². The SMILES string of the molecule is CCCSCc1ccc(C(C)(C)C)cc1. The molecule has 1 rings (SSSR count). The van der Waals surface area contributed by atoms with Gasteiger partial charge in [0.25, 0.3) is 0 Å². The van der Waals surface area contributed by atoms with E-state index in [0.29, 0.717) is 0 Å². The summed E-state index contributed by atoms with van der Waals surface area (Å²) in [6.07, 6.45) is 1.27. The van der Waals surface area contributed by atoms with Crippen LogP contribution >= 0.6 is 11.8 Å².